The Hall–Kier alpha value is -2.36. The SMILES string of the molecule is Cc1cc(C)cc(-c2ncnc3cc(C4CCC(F)(F)C4)ccc23)c1. The fourth-order valence-electron chi connectivity index (χ4n) is 3.90. The van der Waals surface area contributed by atoms with Crippen LogP contribution in [0, 0.1) is 13.8 Å². The summed E-state index contributed by atoms with van der Waals surface area (Å²) in [4.78, 5) is 8.86. The molecule has 1 aliphatic carbocycles. The highest BCUT2D eigenvalue weighted by atomic mass is 19.3. The quantitative estimate of drug-likeness (QED) is 0.589. The molecule has 1 fully saturated rings. The Balaban J connectivity index is 1.78. The van der Waals surface area contributed by atoms with Crippen molar-refractivity contribution in [1.82, 2.24) is 9.97 Å². The van der Waals surface area contributed by atoms with E-state index in [0.717, 1.165) is 27.7 Å². The van der Waals surface area contributed by atoms with Crippen molar-refractivity contribution in [2.75, 3.05) is 0 Å². The van der Waals surface area contributed by atoms with E-state index in [1.165, 1.54) is 11.1 Å². The Bertz CT molecular complexity index is 930. The summed E-state index contributed by atoms with van der Waals surface area (Å²) < 4.78 is 27.1. The Morgan fingerprint density at radius 3 is 2.44 bits per heavy atom. The molecule has 0 saturated heterocycles. The maximum absolute atomic E-state index is 13.5. The van der Waals surface area contributed by atoms with Gasteiger partial charge >= 0.3 is 0 Å². The van der Waals surface area contributed by atoms with Gasteiger partial charge in [-0.1, -0.05) is 29.3 Å². The van der Waals surface area contributed by atoms with Gasteiger partial charge in [-0.3, -0.25) is 0 Å². The van der Waals surface area contributed by atoms with Gasteiger partial charge in [0.25, 0.3) is 0 Å². The summed E-state index contributed by atoms with van der Waals surface area (Å²) in [6.07, 6.45) is 2.01. The number of hydrogen-bond acceptors (Lipinski definition) is 2. The number of alkyl halides is 2. The molecule has 0 amide bonds. The third-order valence-corrected chi connectivity index (χ3v) is 5.03. The van der Waals surface area contributed by atoms with E-state index >= 15 is 0 Å². The number of aryl methyl sites for hydroxylation is 2. The number of aromatic nitrogens is 2. The van der Waals surface area contributed by atoms with Crippen LogP contribution >= 0.6 is 0 Å². The van der Waals surface area contributed by atoms with Crippen molar-refractivity contribution in [2.45, 2.75) is 45.0 Å². The van der Waals surface area contributed by atoms with Crippen molar-refractivity contribution in [1.29, 1.82) is 0 Å². The van der Waals surface area contributed by atoms with Gasteiger partial charge in [0, 0.05) is 23.8 Å². The number of halogens is 2. The predicted molar refractivity (Wildman–Crippen MR) is 96.0 cm³/mol. The van der Waals surface area contributed by atoms with Gasteiger partial charge in [0.15, 0.2) is 0 Å². The molecule has 1 aromatic heterocycles. The first-order chi connectivity index (χ1) is 11.9. The Morgan fingerprint density at radius 1 is 1.00 bits per heavy atom. The van der Waals surface area contributed by atoms with Gasteiger partial charge in [-0.05, 0) is 49.9 Å². The molecule has 0 aliphatic heterocycles. The maximum Gasteiger partial charge on any atom is 0.248 e. The molecule has 4 heteroatoms. The molecule has 0 spiro atoms. The maximum atomic E-state index is 13.5. The highest BCUT2D eigenvalue weighted by molar-refractivity contribution is 5.92. The predicted octanol–water partition coefficient (Wildman–Crippen LogP) is 5.82. The third-order valence-electron chi connectivity index (χ3n) is 5.03. The summed E-state index contributed by atoms with van der Waals surface area (Å²) in [5.41, 5.74) is 6.09. The molecule has 1 heterocycles. The number of rotatable bonds is 2. The Morgan fingerprint density at radius 2 is 1.76 bits per heavy atom. The first-order valence-electron chi connectivity index (χ1n) is 8.62. The summed E-state index contributed by atoms with van der Waals surface area (Å²) in [6.45, 7) is 4.14. The Labute approximate surface area is 145 Å². The molecule has 1 aliphatic rings. The van der Waals surface area contributed by atoms with E-state index in [9.17, 15) is 8.78 Å². The second-order valence-electron chi connectivity index (χ2n) is 7.17. The van der Waals surface area contributed by atoms with E-state index in [0.29, 0.717) is 6.42 Å². The monoisotopic (exact) mass is 338 g/mol. The molecular formula is C21H20F2N2. The standard InChI is InChI=1S/C21H20F2N2/c1-13-7-14(2)9-17(8-13)20-18-4-3-15(10-19(18)24-12-25-20)16-5-6-21(22,23)11-16/h3-4,7-10,12,16H,5-6,11H2,1-2H3. The van der Waals surface area contributed by atoms with Crippen molar-refractivity contribution >= 4 is 10.9 Å². The zero-order valence-electron chi connectivity index (χ0n) is 14.4. The fourth-order valence-corrected chi connectivity index (χ4v) is 3.90. The van der Waals surface area contributed by atoms with E-state index in [1.807, 2.05) is 18.2 Å². The van der Waals surface area contributed by atoms with Crippen molar-refractivity contribution in [3.63, 3.8) is 0 Å². The summed E-state index contributed by atoms with van der Waals surface area (Å²) in [5, 5.41) is 0.959. The van der Waals surface area contributed by atoms with Crippen molar-refractivity contribution in [3.05, 3.63) is 59.4 Å². The molecule has 0 bridgehead atoms. The Kier molecular flexibility index (Phi) is 3.78. The number of fused-ring (bicyclic) bond motifs is 1. The molecule has 0 N–H and O–H groups in total. The second-order valence-corrected chi connectivity index (χ2v) is 7.17. The van der Waals surface area contributed by atoms with Crippen LogP contribution in [0.4, 0.5) is 8.78 Å². The van der Waals surface area contributed by atoms with Crippen LogP contribution in [-0.4, -0.2) is 15.9 Å². The van der Waals surface area contributed by atoms with Crippen LogP contribution in [0.1, 0.15) is 41.9 Å². The minimum atomic E-state index is -2.53. The third kappa shape index (κ3) is 3.13. The first kappa shape index (κ1) is 16.1. The molecular weight excluding hydrogens is 318 g/mol. The smallest absolute Gasteiger partial charge is 0.236 e. The lowest BCUT2D eigenvalue weighted by Crippen LogP contribution is -2.09. The van der Waals surface area contributed by atoms with Crippen molar-refractivity contribution in [3.8, 4) is 11.3 Å². The van der Waals surface area contributed by atoms with E-state index in [-0.39, 0.29) is 18.8 Å². The van der Waals surface area contributed by atoms with Gasteiger partial charge in [0.05, 0.1) is 11.2 Å². The molecule has 0 radical (unpaired) electrons. The van der Waals surface area contributed by atoms with E-state index < -0.39 is 5.92 Å². The van der Waals surface area contributed by atoms with E-state index in [2.05, 4.69) is 42.0 Å². The molecule has 1 atom stereocenters. The topological polar surface area (TPSA) is 25.8 Å². The molecule has 2 aromatic carbocycles. The molecule has 2 nitrogen and oxygen atoms in total. The highest BCUT2D eigenvalue weighted by Gasteiger charge is 2.39. The normalized spacial score (nSPS) is 19.4. The number of nitrogens with zero attached hydrogens (tertiary/aromatic N) is 2. The van der Waals surface area contributed by atoms with Crippen LogP contribution in [0.15, 0.2) is 42.7 Å². The lowest BCUT2D eigenvalue weighted by molar-refractivity contribution is 0.00777. The number of benzene rings is 2. The molecule has 3 aromatic rings. The second kappa shape index (κ2) is 5.87. The van der Waals surface area contributed by atoms with Gasteiger partial charge in [0.2, 0.25) is 5.92 Å². The molecule has 25 heavy (non-hydrogen) atoms. The fraction of sp³-hybridized carbons (Fsp3) is 0.333. The summed E-state index contributed by atoms with van der Waals surface area (Å²) >= 11 is 0. The van der Waals surface area contributed by atoms with Crippen LogP contribution in [0.25, 0.3) is 22.2 Å². The van der Waals surface area contributed by atoms with Gasteiger partial charge < -0.3 is 0 Å². The van der Waals surface area contributed by atoms with Crippen LogP contribution < -0.4 is 0 Å². The lowest BCUT2D eigenvalue weighted by Gasteiger charge is -2.13. The van der Waals surface area contributed by atoms with Crippen molar-refractivity contribution in [2.24, 2.45) is 0 Å². The van der Waals surface area contributed by atoms with Crippen LogP contribution in [-0.2, 0) is 0 Å². The van der Waals surface area contributed by atoms with Gasteiger partial charge in [-0.15, -0.1) is 0 Å². The highest BCUT2D eigenvalue weighted by Crippen LogP contribution is 2.44. The van der Waals surface area contributed by atoms with E-state index in [1.54, 1.807) is 6.33 Å². The zero-order chi connectivity index (χ0) is 17.6. The minimum Gasteiger partial charge on any atom is -0.236 e. The van der Waals surface area contributed by atoms with Gasteiger partial charge in [-0.25, -0.2) is 18.7 Å². The largest absolute Gasteiger partial charge is 0.248 e. The molecule has 1 unspecified atom stereocenters. The number of hydrogen-bond donors (Lipinski definition) is 0. The summed E-state index contributed by atoms with van der Waals surface area (Å²) in [7, 11) is 0. The van der Waals surface area contributed by atoms with E-state index in [4.69, 9.17) is 0 Å². The molecule has 1 saturated carbocycles. The molecule has 4 rings (SSSR count). The summed E-state index contributed by atoms with van der Waals surface area (Å²) in [6, 6.07) is 12.2. The van der Waals surface area contributed by atoms with Crippen LogP contribution in [0.5, 0.6) is 0 Å². The molecule has 128 valence electrons. The minimum absolute atomic E-state index is 0.0205. The average molecular weight is 338 g/mol. The van der Waals surface area contributed by atoms with Crippen molar-refractivity contribution < 1.29 is 8.78 Å². The lowest BCUT2D eigenvalue weighted by atomic mass is 9.95. The first-order valence-corrected chi connectivity index (χ1v) is 8.62. The zero-order valence-corrected chi connectivity index (χ0v) is 14.4. The van der Waals surface area contributed by atoms with Gasteiger partial charge in [-0.2, -0.15) is 0 Å². The average Bonchev–Trinajstić information content (AvgIpc) is 2.93. The van der Waals surface area contributed by atoms with Crippen LogP contribution in [0.3, 0.4) is 0 Å². The van der Waals surface area contributed by atoms with Crippen LogP contribution in [0.2, 0.25) is 0 Å². The van der Waals surface area contributed by atoms with Gasteiger partial charge in [0.1, 0.15) is 6.33 Å². The summed E-state index contributed by atoms with van der Waals surface area (Å²) in [5.74, 6) is -2.62.